The molecular weight excluding hydrogens is 453 g/mol. The number of ketones is 1. The number of Topliss-reactive ketones (excluding diaryl/α,β-unsaturated/α-hetero) is 1. The standard InChI is InChI=1S/C25H20F5N3O/c1-24(2)10-18-21(19(34)11-24)20(13-6-8-14(9-7-13)25(28,29)30)15(12-31)23(32)33(18)22-16(26)4-3-5-17(22)27/h3-9,20H,10-11,32H2,1-2H3. The van der Waals surface area contributed by atoms with Crippen LogP contribution in [0.1, 0.15) is 43.7 Å². The summed E-state index contributed by atoms with van der Waals surface area (Å²) in [4.78, 5) is 14.4. The zero-order chi connectivity index (χ0) is 25.0. The van der Waals surface area contributed by atoms with Crippen LogP contribution in [0.25, 0.3) is 0 Å². The van der Waals surface area contributed by atoms with E-state index in [1.807, 2.05) is 19.9 Å². The molecule has 1 unspecified atom stereocenters. The minimum atomic E-state index is -4.56. The van der Waals surface area contributed by atoms with Crippen molar-refractivity contribution in [1.82, 2.24) is 0 Å². The predicted octanol–water partition coefficient (Wildman–Crippen LogP) is 5.92. The van der Waals surface area contributed by atoms with Crippen LogP contribution in [0.4, 0.5) is 27.6 Å². The van der Waals surface area contributed by atoms with Gasteiger partial charge >= 0.3 is 6.18 Å². The molecule has 34 heavy (non-hydrogen) atoms. The molecule has 0 amide bonds. The third-order valence-corrected chi connectivity index (χ3v) is 6.11. The number of nitrogens with two attached hydrogens (primary N) is 1. The van der Waals surface area contributed by atoms with Crippen LogP contribution in [0.15, 0.2) is 65.1 Å². The third-order valence-electron chi connectivity index (χ3n) is 6.11. The highest BCUT2D eigenvalue weighted by Gasteiger charge is 2.45. The van der Waals surface area contributed by atoms with E-state index in [-0.39, 0.29) is 46.9 Å². The lowest BCUT2D eigenvalue weighted by atomic mass is 9.68. The number of hydrogen-bond acceptors (Lipinski definition) is 4. The van der Waals surface area contributed by atoms with Crippen LogP contribution in [0, 0.1) is 28.4 Å². The molecule has 0 bridgehead atoms. The van der Waals surface area contributed by atoms with Crippen molar-refractivity contribution in [2.24, 2.45) is 11.1 Å². The largest absolute Gasteiger partial charge is 0.416 e. The molecule has 4 rings (SSSR count). The molecule has 0 saturated carbocycles. The summed E-state index contributed by atoms with van der Waals surface area (Å²) in [6, 6.07) is 9.28. The number of nitriles is 1. The molecule has 2 aromatic rings. The summed E-state index contributed by atoms with van der Waals surface area (Å²) in [5.41, 5.74) is 4.73. The van der Waals surface area contributed by atoms with Crippen molar-refractivity contribution in [2.45, 2.75) is 38.8 Å². The Morgan fingerprint density at radius 1 is 1.06 bits per heavy atom. The highest BCUT2D eigenvalue weighted by molar-refractivity contribution is 6.01. The minimum Gasteiger partial charge on any atom is -0.384 e. The van der Waals surface area contributed by atoms with Gasteiger partial charge in [0.15, 0.2) is 5.78 Å². The van der Waals surface area contributed by atoms with Gasteiger partial charge in [-0.3, -0.25) is 9.69 Å². The van der Waals surface area contributed by atoms with Gasteiger partial charge in [-0.2, -0.15) is 18.4 Å². The van der Waals surface area contributed by atoms with E-state index < -0.39 is 40.4 Å². The van der Waals surface area contributed by atoms with Gasteiger partial charge in [0.25, 0.3) is 0 Å². The van der Waals surface area contributed by atoms with Crippen molar-refractivity contribution in [3.63, 3.8) is 0 Å². The fourth-order valence-electron chi connectivity index (χ4n) is 4.66. The number of allylic oxidation sites excluding steroid dienone is 3. The summed E-state index contributed by atoms with van der Waals surface area (Å²) in [7, 11) is 0. The summed E-state index contributed by atoms with van der Waals surface area (Å²) in [5.74, 6) is -3.57. The first-order valence-corrected chi connectivity index (χ1v) is 10.4. The van der Waals surface area contributed by atoms with E-state index in [9.17, 15) is 32.0 Å². The van der Waals surface area contributed by atoms with Crippen LogP contribution in [0.2, 0.25) is 0 Å². The molecule has 0 spiro atoms. The van der Waals surface area contributed by atoms with Crippen LogP contribution >= 0.6 is 0 Å². The molecule has 0 fully saturated rings. The van der Waals surface area contributed by atoms with Crippen molar-refractivity contribution in [1.29, 1.82) is 5.26 Å². The van der Waals surface area contributed by atoms with Gasteiger partial charge in [0.2, 0.25) is 0 Å². The Morgan fingerprint density at radius 3 is 2.18 bits per heavy atom. The molecule has 9 heteroatoms. The Morgan fingerprint density at radius 2 is 1.65 bits per heavy atom. The van der Waals surface area contributed by atoms with Gasteiger partial charge in [-0.15, -0.1) is 0 Å². The van der Waals surface area contributed by atoms with E-state index in [4.69, 9.17) is 5.73 Å². The average Bonchev–Trinajstić information content (AvgIpc) is 2.73. The second kappa shape index (κ2) is 7.97. The van der Waals surface area contributed by atoms with Gasteiger partial charge < -0.3 is 5.73 Å². The molecule has 1 heterocycles. The lowest BCUT2D eigenvalue weighted by Gasteiger charge is -2.43. The van der Waals surface area contributed by atoms with Crippen molar-refractivity contribution in [2.75, 3.05) is 4.90 Å². The van der Waals surface area contributed by atoms with Crippen molar-refractivity contribution >= 4 is 11.5 Å². The summed E-state index contributed by atoms with van der Waals surface area (Å²) in [5, 5.41) is 9.94. The van der Waals surface area contributed by atoms with E-state index in [0.29, 0.717) is 0 Å². The molecule has 2 aromatic carbocycles. The van der Waals surface area contributed by atoms with Gasteiger partial charge in [0.1, 0.15) is 23.1 Å². The number of anilines is 1. The Bertz CT molecular complexity index is 1260. The maximum Gasteiger partial charge on any atom is 0.416 e. The number of alkyl halides is 3. The second-order valence-corrected chi connectivity index (χ2v) is 9.17. The van der Waals surface area contributed by atoms with Gasteiger partial charge in [-0.25, -0.2) is 8.78 Å². The normalized spacial score (nSPS) is 20.4. The first kappa shape index (κ1) is 23.5. The summed E-state index contributed by atoms with van der Waals surface area (Å²) < 4.78 is 68.8. The highest BCUT2D eigenvalue weighted by atomic mass is 19.4. The fourth-order valence-corrected chi connectivity index (χ4v) is 4.66. The molecule has 1 aliphatic carbocycles. The Balaban J connectivity index is 1.99. The molecule has 2 N–H and O–H groups in total. The number of carbonyl (C=O) groups excluding carboxylic acids is 1. The van der Waals surface area contributed by atoms with E-state index >= 15 is 0 Å². The maximum absolute atomic E-state index is 14.8. The van der Waals surface area contributed by atoms with Gasteiger partial charge in [-0.1, -0.05) is 32.0 Å². The lowest BCUT2D eigenvalue weighted by molar-refractivity contribution is -0.137. The van der Waals surface area contributed by atoms with Crippen LogP contribution in [0.5, 0.6) is 0 Å². The SMILES string of the molecule is CC1(C)CC(=O)C2=C(C1)N(c1c(F)cccc1F)C(N)=C(C#N)C2c1ccc(C(F)(F)F)cc1. The van der Waals surface area contributed by atoms with Crippen LogP contribution in [-0.4, -0.2) is 5.78 Å². The van der Waals surface area contributed by atoms with Crippen LogP contribution in [0.3, 0.4) is 0 Å². The average molecular weight is 473 g/mol. The molecular formula is C25H20F5N3O. The summed E-state index contributed by atoms with van der Waals surface area (Å²) in [6.45, 7) is 3.63. The first-order valence-electron chi connectivity index (χ1n) is 10.4. The predicted molar refractivity (Wildman–Crippen MR) is 115 cm³/mol. The van der Waals surface area contributed by atoms with Crippen molar-refractivity contribution in [3.8, 4) is 6.07 Å². The third kappa shape index (κ3) is 3.83. The molecule has 1 aliphatic heterocycles. The van der Waals surface area contributed by atoms with Crippen LogP contribution < -0.4 is 10.6 Å². The van der Waals surface area contributed by atoms with Crippen molar-refractivity contribution in [3.05, 3.63) is 87.9 Å². The summed E-state index contributed by atoms with van der Waals surface area (Å²) in [6.07, 6.45) is -4.26. The summed E-state index contributed by atoms with van der Waals surface area (Å²) >= 11 is 0. The number of halogens is 5. The fraction of sp³-hybridized carbons (Fsp3) is 0.280. The molecule has 2 aliphatic rings. The van der Waals surface area contributed by atoms with E-state index in [1.165, 1.54) is 18.2 Å². The number of hydrogen-bond donors (Lipinski definition) is 1. The quantitative estimate of drug-likeness (QED) is 0.550. The molecule has 176 valence electrons. The second-order valence-electron chi connectivity index (χ2n) is 9.17. The smallest absolute Gasteiger partial charge is 0.384 e. The zero-order valence-corrected chi connectivity index (χ0v) is 18.3. The van der Waals surface area contributed by atoms with E-state index in [1.54, 1.807) is 0 Å². The molecule has 0 saturated heterocycles. The maximum atomic E-state index is 14.8. The number of para-hydroxylation sites is 1. The molecule has 0 radical (unpaired) electrons. The number of carbonyl (C=O) groups is 1. The van der Waals surface area contributed by atoms with Gasteiger partial charge in [-0.05, 0) is 41.7 Å². The Kier molecular flexibility index (Phi) is 5.51. The van der Waals surface area contributed by atoms with Gasteiger partial charge in [0.05, 0.1) is 23.1 Å². The minimum absolute atomic E-state index is 0.0924. The van der Waals surface area contributed by atoms with Crippen molar-refractivity contribution < 1.29 is 26.7 Å². The monoisotopic (exact) mass is 473 g/mol. The first-order chi connectivity index (χ1) is 15.9. The van der Waals surface area contributed by atoms with Gasteiger partial charge in [0, 0.05) is 17.7 Å². The number of rotatable bonds is 2. The lowest BCUT2D eigenvalue weighted by Crippen LogP contribution is -2.42. The molecule has 1 atom stereocenters. The molecule has 0 aromatic heterocycles. The Hall–Kier alpha value is -3.67. The van der Waals surface area contributed by atoms with E-state index in [2.05, 4.69) is 0 Å². The van der Waals surface area contributed by atoms with Crippen LogP contribution in [-0.2, 0) is 11.0 Å². The van der Waals surface area contributed by atoms with E-state index in [0.717, 1.165) is 29.2 Å². The zero-order valence-electron chi connectivity index (χ0n) is 18.3. The molecule has 4 nitrogen and oxygen atoms in total. The highest BCUT2D eigenvalue weighted by Crippen LogP contribution is 2.51. The number of benzene rings is 2. The Labute approximate surface area is 192 Å². The number of nitrogens with zero attached hydrogens (tertiary/aromatic N) is 2. The topological polar surface area (TPSA) is 70.1 Å².